The molecule has 0 spiro atoms. The van der Waals surface area contributed by atoms with Gasteiger partial charge in [-0.3, -0.25) is 0 Å². The van der Waals surface area contributed by atoms with E-state index in [2.05, 4.69) is 43.2 Å². The van der Waals surface area contributed by atoms with Gasteiger partial charge in [0.2, 0.25) is 5.13 Å². The summed E-state index contributed by atoms with van der Waals surface area (Å²) < 4.78 is 3.01. The molecule has 0 aliphatic carbocycles. The number of hydrogen-bond donors (Lipinski definition) is 1. The number of nitrogens with one attached hydrogen (secondary N) is 1. The van der Waals surface area contributed by atoms with Crippen molar-refractivity contribution in [1.82, 2.24) is 19.7 Å². The largest absolute Gasteiger partial charge is 0.361 e. The number of aromatic amines is 1. The van der Waals surface area contributed by atoms with Gasteiger partial charge in [-0.15, -0.1) is 11.8 Å². The Kier molecular flexibility index (Phi) is 5.80. The van der Waals surface area contributed by atoms with E-state index in [0.29, 0.717) is 15.3 Å². The van der Waals surface area contributed by atoms with Crippen LogP contribution in [0.25, 0.3) is 38.4 Å². The predicted molar refractivity (Wildman–Crippen MR) is 138 cm³/mol. The zero-order chi connectivity index (χ0) is 22.4. The van der Waals surface area contributed by atoms with Gasteiger partial charge in [-0.2, -0.15) is 5.10 Å². The summed E-state index contributed by atoms with van der Waals surface area (Å²) in [5.74, 6) is 0. The van der Waals surface area contributed by atoms with E-state index < -0.39 is 0 Å². The molecule has 0 saturated heterocycles. The highest BCUT2D eigenvalue weighted by Crippen LogP contribution is 2.41. The SMILES string of the molecule is Cc1nn(-c2nc(-c3ccc(Cl)c(Cl)c3)c(SC(C)C)s2)cc1-c1c[nH]c2ccccc12. The normalized spacial score (nSPS) is 11.7. The number of fused-ring (bicyclic) bond motifs is 1. The zero-order valence-corrected chi connectivity index (χ0v) is 20.8. The molecule has 162 valence electrons. The third-order valence-corrected chi connectivity index (χ3v) is 8.09. The molecule has 0 atom stereocenters. The van der Waals surface area contributed by atoms with Crippen molar-refractivity contribution in [2.75, 3.05) is 0 Å². The quantitative estimate of drug-likeness (QED) is 0.248. The third-order valence-electron chi connectivity index (χ3n) is 5.09. The van der Waals surface area contributed by atoms with Crippen molar-refractivity contribution >= 4 is 57.2 Å². The molecule has 2 aromatic carbocycles. The van der Waals surface area contributed by atoms with Gasteiger partial charge < -0.3 is 4.98 Å². The molecule has 0 unspecified atom stereocenters. The number of halogens is 2. The highest BCUT2D eigenvalue weighted by molar-refractivity contribution is 8.01. The summed E-state index contributed by atoms with van der Waals surface area (Å²) in [4.78, 5) is 8.31. The Labute approximate surface area is 204 Å². The number of hydrogen-bond acceptors (Lipinski definition) is 4. The van der Waals surface area contributed by atoms with E-state index in [9.17, 15) is 0 Å². The van der Waals surface area contributed by atoms with Crippen LogP contribution in [0.4, 0.5) is 0 Å². The molecular formula is C24H20Cl2N4S2. The van der Waals surface area contributed by atoms with Crippen molar-refractivity contribution in [3.05, 3.63) is 70.6 Å². The van der Waals surface area contributed by atoms with E-state index in [4.69, 9.17) is 33.3 Å². The van der Waals surface area contributed by atoms with Crippen LogP contribution < -0.4 is 0 Å². The van der Waals surface area contributed by atoms with E-state index in [1.54, 1.807) is 23.1 Å². The molecule has 0 aliphatic rings. The summed E-state index contributed by atoms with van der Waals surface area (Å²) in [7, 11) is 0. The lowest BCUT2D eigenvalue weighted by Gasteiger charge is -2.05. The average molecular weight is 499 g/mol. The molecule has 32 heavy (non-hydrogen) atoms. The summed E-state index contributed by atoms with van der Waals surface area (Å²) in [5, 5.41) is 8.28. The molecule has 4 nitrogen and oxygen atoms in total. The molecule has 0 bridgehead atoms. The van der Waals surface area contributed by atoms with Crippen LogP contribution >= 0.6 is 46.3 Å². The Morgan fingerprint density at radius 3 is 2.66 bits per heavy atom. The third kappa shape index (κ3) is 3.97. The van der Waals surface area contributed by atoms with Gasteiger partial charge >= 0.3 is 0 Å². The van der Waals surface area contributed by atoms with Gasteiger partial charge in [-0.05, 0) is 25.1 Å². The minimum absolute atomic E-state index is 0.422. The lowest BCUT2D eigenvalue weighted by atomic mass is 10.1. The van der Waals surface area contributed by atoms with Crippen LogP contribution in [0.1, 0.15) is 19.5 Å². The fourth-order valence-corrected chi connectivity index (χ4v) is 6.37. The number of rotatable bonds is 5. The van der Waals surface area contributed by atoms with Gasteiger partial charge in [-0.1, -0.05) is 72.7 Å². The van der Waals surface area contributed by atoms with E-state index >= 15 is 0 Å². The first-order valence-electron chi connectivity index (χ1n) is 10.2. The van der Waals surface area contributed by atoms with Crippen LogP contribution in [-0.4, -0.2) is 25.0 Å². The molecule has 3 heterocycles. The number of aromatic nitrogens is 4. The van der Waals surface area contributed by atoms with Gasteiger partial charge in [0.25, 0.3) is 0 Å². The fraction of sp³-hybridized carbons (Fsp3) is 0.167. The van der Waals surface area contributed by atoms with Gasteiger partial charge in [0.15, 0.2) is 0 Å². The Bertz CT molecular complexity index is 1430. The number of H-pyrrole nitrogens is 1. The van der Waals surface area contributed by atoms with E-state index in [0.717, 1.165) is 42.9 Å². The number of nitrogens with zero attached hydrogens (tertiary/aromatic N) is 3. The number of benzene rings is 2. The molecule has 5 aromatic rings. The second-order valence-electron chi connectivity index (χ2n) is 7.75. The number of thioether (sulfide) groups is 1. The van der Waals surface area contributed by atoms with Crippen LogP contribution in [0, 0.1) is 6.92 Å². The summed E-state index contributed by atoms with van der Waals surface area (Å²) >= 11 is 15.9. The topological polar surface area (TPSA) is 46.5 Å². The van der Waals surface area contributed by atoms with Crippen molar-refractivity contribution in [1.29, 1.82) is 0 Å². The first-order valence-corrected chi connectivity index (χ1v) is 12.6. The summed E-state index contributed by atoms with van der Waals surface area (Å²) in [6.45, 7) is 6.39. The van der Waals surface area contributed by atoms with Crippen LogP contribution in [0.5, 0.6) is 0 Å². The predicted octanol–water partition coefficient (Wildman–Crippen LogP) is 8.26. The maximum atomic E-state index is 6.29. The Morgan fingerprint density at radius 1 is 1.06 bits per heavy atom. The van der Waals surface area contributed by atoms with Crippen LogP contribution in [0.2, 0.25) is 10.0 Å². The molecule has 0 saturated carbocycles. The zero-order valence-electron chi connectivity index (χ0n) is 17.7. The lowest BCUT2D eigenvalue weighted by molar-refractivity contribution is 0.853. The number of para-hydroxylation sites is 1. The van der Waals surface area contributed by atoms with Gasteiger partial charge in [0.1, 0.15) is 0 Å². The second-order valence-corrected chi connectivity index (χ2v) is 11.4. The van der Waals surface area contributed by atoms with Crippen molar-refractivity contribution in [2.24, 2.45) is 0 Å². The second kappa shape index (κ2) is 8.60. The van der Waals surface area contributed by atoms with Gasteiger partial charge in [0, 0.05) is 45.2 Å². The summed E-state index contributed by atoms with van der Waals surface area (Å²) in [6, 6.07) is 13.9. The minimum atomic E-state index is 0.422. The molecule has 0 aliphatic heterocycles. The Balaban J connectivity index is 1.60. The van der Waals surface area contributed by atoms with E-state index in [1.807, 2.05) is 42.1 Å². The van der Waals surface area contributed by atoms with Crippen LogP contribution in [-0.2, 0) is 0 Å². The molecule has 1 N–H and O–H groups in total. The summed E-state index contributed by atoms with van der Waals surface area (Å²) in [6.07, 6.45) is 4.11. The lowest BCUT2D eigenvalue weighted by Crippen LogP contribution is -1.94. The monoisotopic (exact) mass is 498 g/mol. The average Bonchev–Trinajstić information content (AvgIpc) is 3.46. The standard InChI is InChI=1S/C24H20Cl2N4S2/c1-13(2)31-23-22(15-8-9-19(25)20(26)10-15)28-24(32-23)30-12-18(14(3)29-30)17-11-27-21-7-5-4-6-16(17)21/h4-13,27H,1-3H3. The van der Waals surface area contributed by atoms with Crippen LogP contribution in [0.3, 0.4) is 0 Å². The molecule has 5 rings (SSSR count). The number of thiazole rings is 1. The maximum absolute atomic E-state index is 6.29. The van der Waals surface area contributed by atoms with E-state index in [-0.39, 0.29) is 0 Å². The Morgan fingerprint density at radius 2 is 1.88 bits per heavy atom. The molecule has 0 fully saturated rings. The smallest absolute Gasteiger partial charge is 0.211 e. The molecular weight excluding hydrogens is 479 g/mol. The summed E-state index contributed by atoms with van der Waals surface area (Å²) in [5.41, 5.74) is 6.16. The first-order chi connectivity index (χ1) is 15.4. The van der Waals surface area contributed by atoms with Crippen LogP contribution in [0.15, 0.2) is 59.1 Å². The first kappa shape index (κ1) is 21.6. The Hall–Kier alpha value is -2.25. The van der Waals surface area contributed by atoms with Gasteiger partial charge in [-0.25, -0.2) is 9.67 Å². The van der Waals surface area contributed by atoms with Crippen molar-refractivity contribution in [3.63, 3.8) is 0 Å². The highest BCUT2D eigenvalue weighted by atomic mass is 35.5. The molecule has 0 radical (unpaired) electrons. The van der Waals surface area contributed by atoms with E-state index in [1.165, 1.54) is 5.39 Å². The maximum Gasteiger partial charge on any atom is 0.211 e. The molecule has 0 amide bonds. The van der Waals surface area contributed by atoms with Crippen molar-refractivity contribution in [3.8, 4) is 27.5 Å². The van der Waals surface area contributed by atoms with Gasteiger partial charge in [0.05, 0.1) is 25.6 Å². The van der Waals surface area contributed by atoms with Crippen molar-refractivity contribution in [2.45, 2.75) is 30.2 Å². The fourth-order valence-electron chi connectivity index (χ4n) is 3.63. The number of aryl methyl sites for hydroxylation is 1. The highest BCUT2D eigenvalue weighted by Gasteiger charge is 2.19. The molecule has 3 aromatic heterocycles. The van der Waals surface area contributed by atoms with Crippen molar-refractivity contribution < 1.29 is 0 Å². The molecule has 8 heteroatoms. The minimum Gasteiger partial charge on any atom is -0.361 e.